The van der Waals surface area contributed by atoms with Crippen LogP contribution in [-0.2, 0) is 0 Å². The van der Waals surface area contributed by atoms with Gasteiger partial charge in [-0.2, -0.15) is 0 Å². The zero-order valence-electron chi connectivity index (χ0n) is 76.6. The van der Waals surface area contributed by atoms with Crippen molar-refractivity contribution in [3.63, 3.8) is 0 Å². The lowest BCUT2D eigenvalue weighted by atomic mass is 10.1. The molecule has 132 heavy (non-hydrogen) atoms. The summed E-state index contributed by atoms with van der Waals surface area (Å²) in [5, 5.41) is 11.5. The van der Waals surface area contributed by atoms with Crippen LogP contribution in [0.25, 0.3) is 110 Å². The van der Waals surface area contributed by atoms with E-state index in [1.54, 1.807) is 12.4 Å². The van der Waals surface area contributed by atoms with Gasteiger partial charge >= 0.3 is 0 Å². The number of hydrogen-bond acceptors (Lipinski definition) is 20. The molecule has 5 unspecified atom stereocenters. The fourth-order valence-electron chi connectivity index (χ4n) is 20.7. The number of aryl methyl sites for hydroxylation is 5. The molecule has 654 valence electrons. The molecule has 20 nitrogen and oxygen atoms in total. The highest BCUT2D eigenvalue weighted by Gasteiger charge is 2.43. The summed E-state index contributed by atoms with van der Waals surface area (Å²) in [6.45, 7) is 26.2. The zero-order valence-corrected chi connectivity index (χ0v) is 76.6. The Kier molecular flexibility index (Phi) is 20.1. The summed E-state index contributed by atoms with van der Waals surface area (Å²) in [6.07, 6.45) is 9.77. The van der Waals surface area contributed by atoms with E-state index in [1.807, 2.05) is 111 Å². The SMILES string of the molecule is Cc1ccc2c(oc3ccccc32)c1N1c2ccccc2N(c2ccccc2)C1C.Cc1ccc2c(oc3ccccc32)c1N1c2cccnc2N(C)C1C.Cc1ccc2c(oc3ccccc32)c1N1c2ncccc2N(C(C)C)C1C.Cc1ccc2c(oc3ccccc32)c1N1c2ncccc2N(C)C1C.Cc1ccc2c(oc3ccccc32)c1N1c2nccnc2N(C)C1C. The van der Waals surface area contributed by atoms with E-state index in [1.165, 1.54) is 45.0 Å². The van der Waals surface area contributed by atoms with Gasteiger partial charge < -0.3 is 66.2 Å². The van der Waals surface area contributed by atoms with Gasteiger partial charge in [0, 0.05) is 118 Å². The number of hydrogen-bond donors (Lipinski definition) is 0. The number of furan rings is 5. The molecule has 12 aromatic carbocycles. The number of fused-ring (bicyclic) bond motifs is 20. The first-order valence-corrected chi connectivity index (χ1v) is 45.4. The molecule has 0 radical (unpaired) electrons. The molecule has 0 aliphatic carbocycles. The predicted octanol–water partition coefficient (Wildman–Crippen LogP) is 28.6. The summed E-state index contributed by atoms with van der Waals surface area (Å²) >= 11 is 0. The third-order valence-electron chi connectivity index (χ3n) is 27.4. The van der Waals surface area contributed by atoms with Gasteiger partial charge in [0.15, 0.2) is 57.0 Å². The normalized spacial score (nSPS) is 16.6. The molecular formula is C112H101N15O5. The molecule has 20 heteroatoms. The van der Waals surface area contributed by atoms with Crippen LogP contribution in [-0.4, -0.2) is 82.9 Å². The van der Waals surface area contributed by atoms with Gasteiger partial charge in [0.25, 0.3) is 0 Å². The van der Waals surface area contributed by atoms with Crippen molar-refractivity contribution in [1.82, 2.24) is 24.9 Å². The lowest BCUT2D eigenvalue weighted by Crippen LogP contribution is -2.42. The molecule has 0 bridgehead atoms. The second-order valence-corrected chi connectivity index (χ2v) is 35.3. The molecule has 0 amide bonds. The van der Waals surface area contributed by atoms with Crippen LogP contribution in [0.3, 0.4) is 0 Å². The maximum Gasteiger partial charge on any atom is 0.178 e. The fraction of sp³-hybridized carbons (Fsp3) is 0.188. The summed E-state index contributed by atoms with van der Waals surface area (Å²) in [6, 6.07) is 94.9. The predicted molar refractivity (Wildman–Crippen MR) is 543 cm³/mol. The Labute approximate surface area is 765 Å². The van der Waals surface area contributed by atoms with Crippen molar-refractivity contribution < 1.29 is 22.1 Å². The van der Waals surface area contributed by atoms with Crippen molar-refractivity contribution in [1.29, 1.82) is 0 Å². The molecule has 14 heterocycles. The van der Waals surface area contributed by atoms with Gasteiger partial charge in [-0.25, -0.2) is 24.9 Å². The number of rotatable bonds is 7. The standard InChI is InChI=1S/C27H22N2O.C23H23N3O.2C21H19N3O.C20H18N4O/c1-18-16-17-22-21-12-6-9-15-25(21)30-27(22)26(18)29-19(2)28(20-10-4-3-5-11-20)23-13-7-8-14-24(23)29;1-14(2)25-16(4)26(23-19(25)9-7-13-24-23)21-15(3)11-12-18-17-8-5-6-10-20(17)27-22(18)21;1-13-10-11-16-15-7-4-5-9-18(15)25-20(16)19(13)24-14(2)23(3)21-17(24)8-6-12-22-21;1-13-10-11-16-15-7-4-5-9-18(15)25-20(16)19(13)24-14(2)23(3)17-8-6-12-22-21(17)24;1-12-8-9-15-14-6-4-5-7-16(14)25-18(15)17(12)24-13(2)23(3)19-20(24)22-11-10-21-19/h3-17,19H,1-2H3;5-14,16H,1-4H3;2*4-12,14H,1-3H3;4-11,13H,1-3H3. The number of nitrogens with zero attached hydrogens (tertiary/aromatic N) is 15. The second kappa shape index (κ2) is 32.4. The number of aromatic nitrogens is 5. The molecule has 21 aromatic rings. The number of benzene rings is 12. The van der Waals surface area contributed by atoms with Crippen LogP contribution < -0.4 is 49.0 Å². The Balaban J connectivity index is 0.0000000966. The van der Waals surface area contributed by atoms with Gasteiger partial charge in [-0.05, 0) is 202 Å². The van der Waals surface area contributed by atoms with Crippen LogP contribution in [0.15, 0.2) is 326 Å². The highest BCUT2D eigenvalue weighted by Crippen LogP contribution is 2.55. The first kappa shape index (κ1) is 81.9. The lowest BCUT2D eigenvalue weighted by molar-refractivity contribution is 0.602. The van der Waals surface area contributed by atoms with Crippen LogP contribution in [0, 0.1) is 34.6 Å². The van der Waals surface area contributed by atoms with Crippen molar-refractivity contribution in [2.24, 2.45) is 0 Å². The van der Waals surface area contributed by atoms with E-state index in [-0.39, 0.29) is 30.8 Å². The monoisotopic (exact) mass is 1740 g/mol. The molecule has 0 saturated carbocycles. The first-order chi connectivity index (χ1) is 64.3. The summed E-state index contributed by atoms with van der Waals surface area (Å²) < 4.78 is 31.6. The second-order valence-electron chi connectivity index (χ2n) is 35.3. The van der Waals surface area contributed by atoms with Crippen LogP contribution in [0.2, 0.25) is 0 Å². The number of para-hydroxylation sites is 8. The molecule has 5 aliphatic heterocycles. The van der Waals surface area contributed by atoms with Crippen molar-refractivity contribution in [3.05, 3.63) is 332 Å². The van der Waals surface area contributed by atoms with Gasteiger partial charge in [-0.3, -0.25) is 4.90 Å². The Morgan fingerprint density at radius 3 is 0.932 bits per heavy atom. The zero-order chi connectivity index (χ0) is 90.3. The minimum Gasteiger partial charge on any atom is -0.454 e. The summed E-state index contributed by atoms with van der Waals surface area (Å²) in [7, 11) is 6.25. The minimum atomic E-state index is 0.106. The number of pyridine rings is 3. The van der Waals surface area contributed by atoms with Crippen LogP contribution >= 0.6 is 0 Å². The van der Waals surface area contributed by atoms with E-state index in [0.29, 0.717) is 6.04 Å². The molecule has 26 rings (SSSR count). The average molecular weight is 1740 g/mol. The first-order valence-electron chi connectivity index (χ1n) is 45.4. The van der Waals surface area contributed by atoms with E-state index < -0.39 is 0 Å². The van der Waals surface area contributed by atoms with Gasteiger partial charge in [-0.1, -0.05) is 182 Å². The molecule has 0 saturated heterocycles. The lowest BCUT2D eigenvalue weighted by Gasteiger charge is -2.33. The van der Waals surface area contributed by atoms with Gasteiger partial charge in [0.2, 0.25) is 0 Å². The van der Waals surface area contributed by atoms with E-state index in [9.17, 15) is 0 Å². The third-order valence-corrected chi connectivity index (χ3v) is 27.4. The van der Waals surface area contributed by atoms with Gasteiger partial charge in [0.05, 0.1) is 56.9 Å². The van der Waals surface area contributed by atoms with E-state index in [4.69, 9.17) is 27.1 Å². The smallest absolute Gasteiger partial charge is 0.178 e. The van der Waals surface area contributed by atoms with Gasteiger partial charge in [-0.15, -0.1) is 0 Å². The molecule has 0 N–H and O–H groups in total. The maximum absolute atomic E-state index is 6.42. The van der Waals surface area contributed by atoms with Crippen LogP contribution in [0.4, 0.5) is 91.7 Å². The minimum absolute atomic E-state index is 0.106. The van der Waals surface area contributed by atoms with E-state index >= 15 is 0 Å². The highest BCUT2D eigenvalue weighted by molar-refractivity contribution is 6.16. The molecule has 5 aliphatic rings. The van der Waals surface area contributed by atoms with Crippen molar-refractivity contribution in [2.75, 3.05) is 70.1 Å². The number of anilines is 16. The molecular weight excluding hydrogens is 1640 g/mol. The molecule has 5 atom stereocenters. The Bertz CT molecular complexity index is 7650. The van der Waals surface area contributed by atoms with Gasteiger partial charge in [0.1, 0.15) is 58.7 Å². The maximum atomic E-state index is 6.42. The fourth-order valence-corrected chi connectivity index (χ4v) is 20.7. The molecule has 0 fully saturated rings. The average Bonchev–Trinajstić information content (AvgIpc) is 1.58. The van der Waals surface area contributed by atoms with E-state index in [0.717, 1.165) is 184 Å². The van der Waals surface area contributed by atoms with Crippen LogP contribution in [0.5, 0.6) is 0 Å². The van der Waals surface area contributed by atoms with Crippen molar-refractivity contribution in [3.8, 4) is 0 Å². The molecule has 9 aromatic heterocycles. The van der Waals surface area contributed by atoms with E-state index in [2.05, 4.69) is 354 Å². The highest BCUT2D eigenvalue weighted by atomic mass is 16.3. The summed E-state index contributed by atoms with van der Waals surface area (Å²) in [5.41, 5.74) is 27.8. The summed E-state index contributed by atoms with van der Waals surface area (Å²) in [4.78, 5) is 46.1. The van der Waals surface area contributed by atoms with Crippen molar-refractivity contribution in [2.45, 2.75) is 120 Å². The largest absolute Gasteiger partial charge is 0.454 e. The Hall–Kier alpha value is -15.8. The molecule has 0 spiro atoms. The van der Waals surface area contributed by atoms with Crippen molar-refractivity contribution >= 4 is 201 Å². The topological polar surface area (TPSA) is 163 Å². The Morgan fingerprint density at radius 1 is 0.227 bits per heavy atom. The third kappa shape index (κ3) is 13.0. The van der Waals surface area contributed by atoms with Crippen LogP contribution in [0.1, 0.15) is 76.3 Å². The summed E-state index contributed by atoms with van der Waals surface area (Å²) in [5.74, 6) is 4.74. The Morgan fingerprint density at radius 2 is 0.515 bits per heavy atom. The quantitative estimate of drug-likeness (QED) is 0.148.